The summed E-state index contributed by atoms with van der Waals surface area (Å²) in [5.41, 5.74) is 1.51. The lowest BCUT2D eigenvalue weighted by atomic mass is 10.0. The van der Waals surface area contributed by atoms with Gasteiger partial charge >= 0.3 is 0 Å². The Labute approximate surface area is 158 Å². The van der Waals surface area contributed by atoms with E-state index in [0.29, 0.717) is 18.5 Å². The molecule has 2 aromatic rings. The fourth-order valence-corrected chi connectivity index (χ4v) is 3.54. The van der Waals surface area contributed by atoms with Crippen molar-refractivity contribution in [1.82, 2.24) is 24.9 Å². The summed E-state index contributed by atoms with van der Waals surface area (Å²) in [7, 11) is 0. The molecule has 1 aliphatic rings. The second-order valence-electron chi connectivity index (χ2n) is 7.22. The molecule has 3 unspecified atom stereocenters. The zero-order chi connectivity index (χ0) is 19.6. The minimum absolute atomic E-state index is 0.0292. The van der Waals surface area contributed by atoms with Crippen LogP contribution in [0.2, 0.25) is 0 Å². The van der Waals surface area contributed by atoms with E-state index in [1.165, 1.54) is 4.90 Å². The number of aromatic nitrogens is 4. The molecule has 27 heavy (non-hydrogen) atoms. The molecule has 1 aliphatic heterocycles. The Hall–Kier alpha value is -2.61. The number of β-amino-alcohol motifs (C(OH)–C–C–N with tert-alkyl or cyclic N) is 1. The Kier molecular flexibility index (Phi) is 5.65. The fourth-order valence-electron chi connectivity index (χ4n) is 3.54. The lowest BCUT2D eigenvalue weighted by Crippen LogP contribution is -2.45. The predicted octanol–water partition coefficient (Wildman–Crippen LogP) is 1.48. The van der Waals surface area contributed by atoms with Gasteiger partial charge in [0.25, 0.3) is 0 Å². The largest absolute Gasteiger partial charge is 0.391 e. The molecule has 0 saturated carbocycles. The van der Waals surface area contributed by atoms with Crippen LogP contribution < -0.4 is 0 Å². The van der Waals surface area contributed by atoms with Gasteiger partial charge in [-0.05, 0) is 18.1 Å². The zero-order valence-corrected chi connectivity index (χ0v) is 15.8. The highest BCUT2D eigenvalue weighted by Gasteiger charge is 2.41. The van der Waals surface area contributed by atoms with Crippen molar-refractivity contribution in [2.45, 2.75) is 51.8 Å². The number of aliphatic hydroxyl groups excluding tert-OH is 1. The number of hydrogen-bond donors (Lipinski definition) is 1. The van der Waals surface area contributed by atoms with E-state index in [1.54, 1.807) is 30.2 Å². The average molecular weight is 371 g/mol. The Morgan fingerprint density at radius 2 is 2.00 bits per heavy atom. The first-order valence-electron chi connectivity index (χ1n) is 9.25. The molecule has 144 valence electrons. The predicted molar refractivity (Wildman–Crippen MR) is 98.6 cm³/mol. The second kappa shape index (κ2) is 7.96. The first-order chi connectivity index (χ1) is 12.9. The maximum atomic E-state index is 13.3. The molecule has 1 fully saturated rings. The van der Waals surface area contributed by atoms with Gasteiger partial charge in [-0.2, -0.15) is 0 Å². The van der Waals surface area contributed by atoms with Gasteiger partial charge in [-0.25, -0.2) is 4.68 Å². The van der Waals surface area contributed by atoms with E-state index >= 15 is 0 Å². The summed E-state index contributed by atoms with van der Waals surface area (Å²) in [6.45, 7) is 5.80. The van der Waals surface area contributed by atoms with E-state index in [-0.39, 0.29) is 24.2 Å². The minimum atomic E-state index is -0.676. The molecule has 0 spiro atoms. The molecule has 0 bridgehead atoms. The van der Waals surface area contributed by atoms with E-state index in [9.17, 15) is 14.7 Å². The summed E-state index contributed by atoms with van der Waals surface area (Å²) >= 11 is 0. The van der Waals surface area contributed by atoms with Crippen molar-refractivity contribution in [2.75, 3.05) is 6.54 Å². The Morgan fingerprint density at radius 3 is 2.63 bits per heavy atom. The van der Waals surface area contributed by atoms with Gasteiger partial charge in [-0.15, -0.1) is 5.10 Å². The molecule has 0 radical (unpaired) electrons. The summed E-state index contributed by atoms with van der Waals surface area (Å²) < 4.78 is 1.56. The van der Waals surface area contributed by atoms with Crippen molar-refractivity contribution < 1.29 is 14.7 Å². The molecule has 2 aromatic heterocycles. The number of pyridine rings is 1. The van der Waals surface area contributed by atoms with Crippen LogP contribution in [-0.4, -0.2) is 60.4 Å². The third-order valence-corrected chi connectivity index (χ3v) is 4.94. The van der Waals surface area contributed by atoms with Crippen LogP contribution in [0, 0.1) is 5.92 Å². The summed E-state index contributed by atoms with van der Waals surface area (Å²) in [4.78, 5) is 31.0. The second-order valence-corrected chi connectivity index (χ2v) is 7.22. The lowest BCUT2D eigenvalue weighted by molar-refractivity contribution is -0.141. The van der Waals surface area contributed by atoms with Gasteiger partial charge in [0.05, 0.1) is 18.3 Å². The van der Waals surface area contributed by atoms with Gasteiger partial charge in [-0.3, -0.25) is 14.6 Å². The third-order valence-electron chi connectivity index (χ3n) is 4.94. The quantitative estimate of drug-likeness (QED) is 0.825. The summed E-state index contributed by atoms with van der Waals surface area (Å²) in [5.74, 6) is -0.294. The Morgan fingerprint density at radius 1 is 1.30 bits per heavy atom. The molecule has 1 N–H and O–H groups in total. The number of amides is 1. The van der Waals surface area contributed by atoms with Gasteiger partial charge < -0.3 is 10.0 Å². The van der Waals surface area contributed by atoms with Crippen LogP contribution in [0.15, 0.2) is 30.7 Å². The highest BCUT2D eigenvalue weighted by Crippen LogP contribution is 2.28. The number of carbonyl (C=O) groups excluding carboxylic acids is 2. The van der Waals surface area contributed by atoms with Gasteiger partial charge in [0, 0.05) is 37.3 Å². The number of carbonyl (C=O) groups is 2. The van der Waals surface area contributed by atoms with Crippen LogP contribution >= 0.6 is 0 Å². The van der Waals surface area contributed by atoms with Crippen molar-refractivity contribution in [3.63, 3.8) is 0 Å². The number of aliphatic hydroxyl groups is 1. The molecular formula is C19H25N5O3. The monoisotopic (exact) mass is 371 g/mol. The van der Waals surface area contributed by atoms with Crippen molar-refractivity contribution in [2.24, 2.45) is 5.92 Å². The maximum absolute atomic E-state index is 13.3. The number of likely N-dealkylation sites (tertiary alicyclic amines) is 1. The molecule has 3 heterocycles. The standard InChI is InChI=1S/C19H25N5O3/c1-4-17(26)16-9-14(25)10-23(16)19(27)18(12(2)3)24-11-15(21-22-24)13-5-7-20-8-6-13/h5-8,11-12,14,16,18,25H,4,9-10H2,1-3H3. The summed E-state index contributed by atoms with van der Waals surface area (Å²) in [5, 5.41) is 18.4. The van der Waals surface area contributed by atoms with Crippen LogP contribution in [-0.2, 0) is 9.59 Å². The van der Waals surface area contributed by atoms with Crippen molar-refractivity contribution >= 4 is 11.7 Å². The van der Waals surface area contributed by atoms with Crippen molar-refractivity contribution in [3.05, 3.63) is 30.7 Å². The van der Waals surface area contributed by atoms with Gasteiger partial charge in [0.2, 0.25) is 5.91 Å². The van der Waals surface area contributed by atoms with Crippen LogP contribution in [0.25, 0.3) is 11.3 Å². The molecule has 8 nitrogen and oxygen atoms in total. The molecular weight excluding hydrogens is 346 g/mol. The minimum Gasteiger partial charge on any atom is -0.391 e. The van der Waals surface area contributed by atoms with E-state index in [1.807, 2.05) is 26.0 Å². The zero-order valence-electron chi connectivity index (χ0n) is 15.8. The molecule has 1 amide bonds. The highest BCUT2D eigenvalue weighted by molar-refractivity contribution is 5.91. The molecule has 3 atom stereocenters. The van der Waals surface area contributed by atoms with E-state index < -0.39 is 18.2 Å². The number of nitrogens with zero attached hydrogens (tertiary/aromatic N) is 5. The smallest absolute Gasteiger partial charge is 0.248 e. The Bertz CT molecular complexity index is 805. The first kappa shape index (κ1) is 19.2. The van der Waals surface area contributed by atoms with Gasteiger partial charge in [-0.1, -0.05) is 26.0 Å². The maximum Gasteiger partial charge on any atom is 0.248 e. The molecule has 0 aromatic carbocycles. The SMILES string of the molecule is CCC(=O)C1CC(O)CN1C(=O)C(C(C)C)n1cc(-c2ccncc2)nn1. The third kappa shape index (κ3) is 3.90. The molecule has 1 saturated heterocycles. The van der Waals surface area contributed by atoms with Crippen molar-refractivity contribution in [1.29, 1.82) is 0 Å². The number of Topliss-reactive ketones (excluding diaryl/α,β-unsaturated/α-hetero) is 1. The van der Waals surface area contributed by atoms with Crippen LogP contribution in [0.1, 0.15) is 39.7 Å². The Balaban J connectivity index is 1.88. The normalized spacial score (nSPS) is 20.9. The highest BCUT2D eigenvalue weighted by atomic mass is 16.3. The molecule has 8 heteroatoms. The van der Waals surface area contributed by atoms with E-state index in [2.05, 4.69) is 15.3 Å². The first-order valence-corrected chi connectivity index (χ1v) is 9.25. The van der Waals surface area contributed by atoms with E-state index in [0.717, 1.165) is 5.56 Å². The molecule has 3 rings (SSSR count). The summed E-state index contributed by atoms with van der Waals surface area (Å²) in [6.07, 6.45) is 5.04. The molecule has 0 aliphatic carbocycles. The topological polar surface area (TPSA) is 101 Å². The lowest BCUT2D eigenvalue weighted by Gasteiger charge is -2.29. The number of hydrogen-bond acceptors (Lipinski definition) is 6. The van der Waals surface area contributed by atoms with Gasteiger partial charge in [0.1, 0.15) is 11.7 Å². The fraction of sp³-hybridized carbons (Fsp3) is 0.526. The summed E-state index contributed by atoms with van der Waals surface area (Å²) in [6, 6.07) is 2.49. The van der Waals surface area contributed by atoms with Crippen LogP contribution in [0.5, 0.6) is 0 Å². The van der Waals surface area contributed by atoms with E-state index in [4.69, 9.17) is 0 Å². The van der Waals surface area contributed by atoms with Crippen molar-refractivity contribution in [3.8, 4) is 11.3 Å². The van der Waals surface area contributed by atoms with Crippen LogP contribution in [0.3, 0.4) is 0 Å². The van der Waals surface area contributed by atoms with Gasteiger partial charge in [0.15, 0.2) is 5.78 Å². The number of ketones is 1. The van der Waals surface area contributed by atoms with Crippen LogP contribution in [0.4, 0.5) is 0 Å². The number of rotatable bonds is 6. The average Bonchev–Trinajstić information content (AvgIpc) is 3.28.